The van der Waals surface area contributed by atoms with Gasteiger partial charge in [0.05, 0.1) is 13.0 Å². The van der Waals surface area contributed by atoms with Gasteiger partial charge in [-0.15, -0.1) is 4.48 Å². The van der Waals surface area contributed by atoms with Crippen molar-refractivity contribution < 1.29 is 33.6 Å². The van der Waals surface area contributed by atoms with Gasteiger partial charge in [-0.2, -0.15) is 5.54 Å². The molecule has 0 saturated carbocycles. The zero-order valence-electron chi connectivity index (χ0n) is 19.7. The van der Waals surface area contributed by atoms with Crippen LogP contribution in [0.4, 0.5) is 4.48 Å². The number of carboxylic acids is 1. The molecule has 33 heavy (non-hydrogen) atoms. The number of carbonyl (C=O) groups is 5. The lowest BCUT2D eigenvalue weighted by molar-refractivity contribution is -0.139. The predicted octanol–water partition coefficient (Wildman–Crippen LogP) is 1.25. The molecular formula is C22H35FN4O6. The summed E-state index contributed by atoms with van der Waals surface area (Å²) < 4.78 is 12.5. The largest absolute Gasteiger partial charge is 0.481 e. The molecule has 0 unspecified atom stereocenters. The van der Waals surface area contributed by atoms with Crippen molar-refractivity contribution in [2.24, 2.45) is 0 Å². The van der Waals surface area contributed by atoms with E-state index in [9.17, 15) is 28.5 Å². The first-order valence-electron chi connectivity index (χ1n) is 10.8. The normalized spacial score (nSPS) is 11.1. The van der Waals surface area contributed by atoms with Crippen LogP contribution < -0.4 is 21.5 Å². The molecule has 0 aromatic heterocycles. The standard InChI is InChI=1S/C18H23FN4O6.2C2H6/c1-11(21-14(24)7-8-16(26)27)17(28)20-10-15(25)22-13(18(29)23-19)9-12-5-3-2-4-6-12;2*1-2/h2-6,11,13H,7-10H2,1H3,(H,20,28)(H,21,24)(H,22,25)(H,23,29)(H,26,27);2*1-2H3/t11-,13-;;/m0../s1. The number of hydrogen-bond acceptors (Lipinski definition) is 5. The first-order valence-corrected chi connectivity index (χ1v) is 10.8. The molecule has 0 bridgehead atoms. The Morgan fingerprint density at radius 1 is 0.879 bits per heavy atom. The van der Waals surface area contributed by atoms with Crippen LogP contribution in [0.5, 0.6) is 0 Å². The number of rotatable bonds is 11. The van der Waals surface area contributed by atoms with Gasteiger partial charge in [-0.3, -0.25) is 24.0 Å². The Labute approximate surface area is 193 Å². The molecule has 4 amide bonds. The Morgan fingerprint density at radius 2 is 1.45 bits per heavy atom. The van der Waals surface area contributed by atoms with Crippen LogP contribution in [0.25, 0.3) is 0 Å². The van der Waals surface area contributed by atoms with Gasteiger partial charge in [-0.25, -0.2) is 0 Å². The maximum atomic E-state index is 12.5. The Kier molecular flexibility index (Phi) is 18.4. The Hall–Kier alpha value is -3.50. The maximum absolute atomic E-state index is 12.5. The molecule has 1 aromatic rings. The molecule has 10 nitrogen and oxygen atoms in total. The lowest BCUT2D eigenvalue weighted by Gasteiger charge is -2.17. The van der Waals surface area contributed by atoms with Gasteiger partial charge in [-0.05, 0) is 12.5 Å². The number of carbonyl (C=O) groups excluding carboxylic acids is 4. The SMILES string of the molecule is CC.CC.C[C@H](NC(=O)CCC(=O)O)C(=O)NCC(=O)N[C@@H](Cc1ccccc1)C(=O)NF. The minimum Gasteiger partial charge on any atom is -0.481 e. The number of hydrogen-bond donors (Lipinski definition) is 5. The van der Waals surface area contributed by atoms with Gasteiger partial charge in [0.1, 0.15) is 12.1 Å². The number of carboxylic acid groups (broad SMARTS) is 1. The van der Waals surface area contributed by atoms with Crippen molar-refractivity contribution in [3.8, 4) is 0 Å². The van der Waals surface area contributed by atoms with Gasteiger partial charge >= 0.3 is 5.97 Å². The molecule has 0 aliphatic heterocycles. The van der Waals surface area contributed by atoms with Crippen LogP contribution in [0.3, 0.4) is 0 Å². The van der Waals surface area contributed by atoms with Crippen LogP contribution in [-0.4, -0.2) is 53.3 Å². The zero-order valence-corrected chi connectivity index (χ0v) is 19.7. The van der Waals surface area contributed by atoms with Crippen molar-refractivity contribution in [2.75, 3.05) is 6.54 Å². The fourth-order valence-electron chi connectivity index (χ4n) is 2.29. The van der Waals surface area contributed by atoms with Crippen LogP contribution in [0.2, 0.25) is 0 Å². The van der Waals surface area contributed by atoms with Crippen LogP contribution in [0.1, 0.15) is 53.0 Å². The van der Waals surface area contributed by atoms with E-state index < -0.39 is 48.2 Å². The van der Waals surface area contributed by atoms with E-state index in [0.717, 1.165) is 5.54 Å². The fourth-order valence-corrected chi connectivity index (χ4v) is 2.29. The highest BCUT2D eigenvalue weighted by Gasteiger charge is 2.22. The van der Waals surface area contributed by atoms with E-state index >= 15 is 0 Å². The summed E-state index contributed by atoms with van der Waals surface area (Å²) in [6, 6.07) is 6.46. The van der Waals surface area contributed by atoms with Crippen LogP contribution >= 0.6 is 0 Å². The number of nitrogens with one attached hydrogen (secondary N) is 4. The van der Waals surface area contributed by atoms with Crippen LogP contribution in [0.15, 0.2) is 30.3 Å². The third kappa shape index (κ3) is 15.0. The van der Waals surface area contributed by atoms with Crippen LogP contribution in [-0.2, 0) is 30.4 Å². The summed E-state index contributed by atoms with van der Waals surface area (Å²) in [6.07, 6.45) is -0.610. The molecule has 0 heterocycles. The number of halogens is 1. The summed E-state index contributed by atoms with van der Waals surface area (Å²) in [7, 11) is 0. The van der Waals surface area contributed by atoms with Gasteiger partial charge in [0.15, 0.2) is 0 Å². The van der Waals surface area contributed by atoms with E-state index in [1.807, 2.05) is 27.7 Å². The minimum atomic E-state index is -1.18. The highest BCUT2D eigenvalue weighted by Crippen LogP contribution is 2.03. The second-order valence-corrected chi connectivity index (χ2v) is 6.17. The first-order chi connectivity index (χ1) is 15.7. The van der Waals surface area contributed by atoms with E-state index in [1.165, 1.54) is 6.92 Å². The van der Waals surface area contributed by atoms with E-state index in [0.29, 0.717) is 5.56 Å². The van der Waals surface area contributed by atoms with Crippen molar-refractivity contribution in [2.45, 2.75) is 66.0 Å². The van der Waals surface area contributed by atoms with Crippen molar-refractivity contribution in [1.82, 2.24) is 21.5 Å². The monoisotopic (exact) mass is 470 g/mol. The Balaban J connectivity index is 0. The lowest BCUT2D eigenvalue weighted by Crippen LogP contribution is -2.51. The van der Waals surface area contributed by atoms with Gasteiger partial charge in [0.2, 0.25) is 17.7 Å². The summed E-state index contributed by atoms with van der Waals surface area (Å²) in [6.45, 7) is 8.86. The number of aliphatic carboxylic acids is 1. The topological polar surface area (TPSA) is 154 Å². The average Bonchev–Trinajstić information content (AvgIpc) is 2.83. The smallest absolute Gasteiger partial charge is 0.303 e. The first kappa shape index (κ1) is 31.7. The molecule has 0 aliphatic carbocycles. The maximum Gasteiger partial charge on any atom is 0.303 e. The fraction of sp³-hybridized carbons (Fsp3) is 0.500. The third-order valence-corrected chi connectivity index (χ3v) is 3.79. The molecule has 0 saturated heterocycles. The van der Waals surface area contributed by atoms with E-state index in [1.54, 1.807) is 30.3 Å². The van der Waals surface area contributed by atoms with Gasteiger partial charge in [0, 0.05) is 12.8 Å². The van der Waals surface area contributed by atoms with Crippen molar-refractivity contribution in [3.05, 3.63) is 35.9 Å². The lowest BCUT2D eigenvalue weighted by atomic mass is 10.1. The van der Waals surface area contributed by atoms with Gasteiger partial charge < -0.3 is 21.1 Å². The molecule has 0 radical (unpaired) electrons. The summed E-state index contributed by atoms with van der Waals surface area (Å²) in [5.74, 6) is -4.21. The van der Waals surface area contributed by atoms with Gasteiger partial charge in [0.25, 0.3) is 5.91 Å². The Morgan fingerprint density at radius 3 is 1.97 bits per heavy atom. The second-order valence-electron chi connectivity index (χ2n) is 6.17. The van der Waals surface area contributed by atoms with Crippen molar-refractivity contribution in [1.29, 1.82) is 0 Å². The third-order valence-electron chi connectivity index (χ3n) is 3.79. The molecule has 1 aromatic carbocycles. The summed E-state index contributed by atoms with van der Waals surface area (Å²) in [5.41, 5.74) is 1.68. The number of amides is 4. The molecule has 186 valence electrons. The zero-order chi connectivity index (χ0) is 25.8. The minimum absolute atomic E-state index is 0.0479. The van der Waals surface area contributed by atoms with E-state index in [-0.39, 0.29) is 19.3 Å². The summed E-state index contributed by atoms with van der Waals surface area (Å²) in [4.78, 5) is 57.5. The van der Waals surface area contributed by atoms with E-state index in [2.05, 4.69) is 16.0 Å². The second kappa shape index (κ2) is 19.2. The van der Waals surface area contributed by atoms with Crippen LogP contribution in [0, 0.1) is 0 Å². The molecule has 0 fully saturated rings. The predicted molar refractivity (Wildman–Crippen MR) is 122 cm³/mol. The quantitative estimate of drug-likeness (QED) is 0.307. The van der Waals surface area contributed by atoms with Gasteiger partial charge in [-0.1, -0.05) is 58.0 Å². The summed E-state index contributed by atoms with van der Waals surface area (Å²) >= 11 is 0. The highest BCUT2D eigenvalue weighted by molar-refractivity contribution is 5.92. The molecule has 11 heteroatoms. The average molecular weight is 471 g/mol. The molecule has 2 atom stereocenters. The van der Waals surface area contributed by atoms with E-state index in [4.69, 9.17) is 5.11 Å². The molecule has 0 aliphatic rings. The summed E-state index contributed by atoms with van der Waals surface area (Å²) in [5, 5.41) is 15.4. The highest BCUT2D eigenvalue weighted by atomic mass is 19.2. The molecular weight excluding hydrogens is 435 g/mol. The van der Waals surface area contributed by atoms with Crippen molar-refractivity contribution in [3.63, 3.8) is 0 Å². The Bertz CT molecular complexity index is 746. The molecule has 0 spiro atoms. The van der Waals surface area contributed by atoms with Crippen molar-refractivity contribution >= 4 is 29.6 Å². The number of benzene rings is 1. The molecule has 5 N–H and O–H groups in total. The molecule has 1 rings (SSSR count).